The maximum atomic E-state index is 13.2. The first-order valence-corrected chi connectivity index (χ1v) is 15.3. The zero-order valence-corrected chi connectivity index (χ0v) is 23.6. The Bertz CT molecular complexity index is 889. The number of carboxylic acid groups (broad SMARTS) is 1. The Labute approximate surface area is 232 Å². The maximum absolute atomic E-state index is 13.2. The van der Waals surface area contributed by atoms with Gasteiger partial charge in [0, 0.05) is 6.42 Å². The number of hydrogen-bond acceptors (Lipinski definition) is 9. The lowest BCUT2D eigenvalue weighted by molar-refractivity contribution is -0.142. The summed E-state index contributed by atoms with van der Waals surface area (Å²) in [5.74, 6) is -1.57. The lowest BCUT2D eigenvalue weighted by Crippen LogP contribution is -2.57. The quantitative estimate of drug-likeness (QED) is 0.114. The fourth-order valence-corrected chi connectivity index (χ4v) is 4.49. The summed E-state index contributed by atoms with van der Waals surface area (Å²) in [5, 5.41) is 27.0. The number of nitrogens with two attached hydrogens (primary N) is 2. The Kier molecular flexibility index (Phi) is 16.5. The van der Waals surface area contributed by atoms with Crippen molar-refractivity contribution in [2.24, 2.45) is 11.5 Å². The van der Waals surface area contributed by atoms with Gasteiger partial charge in [-0.25, -0.2) is 4.79 Å². The minimum absolute atomic E-state index is 0.00372. The van der Waals surface area contributed by atoms with Crippen molar-refractivity contribution in [3.05, 3.63) is 29.8 Å². The Morgan fingerprint density at radius 2 is 1.34 bits per heavy atom. The van der Waals surface area contributed by atoms with E-state index in [0.717, 1.165) is 0 Å². The van der Waals surface area contributed by atoms with Crippen LogP contribution in [0.1, 0.15) is 37.7 Å². The highest BCUT2D eigenvalue weighted by Gasteiger charge is 2.30. The number of phenols is 1. The predicted octanol–water partition coefficient (Wildman–Crippen LogP) is 0.436. The summed E-state index contributed by atoms with van der Waals surface area (Å²) in [7, 11) is 0. The van der Waals surface area contributed by atoms with Crippen LogP contribution in [-0.2, 0) is 25.6 Å². The third-order valence-corrected chi connectivity index (χ3v) is 7.07. The molecular formula is C25H41N5O6S2. The number of rotatable bonds is 19. The number of unbranched alkanes of at least 4 members (excludes halogenated alkanes) is 1. The second kappa shape index (κ2) is 18.7. The number of aliphatic carboxylic acids is 1. The van der Waals surface area contributed by atoms with Crippen molar-refractivity contribution < 1.29 is 29.4 Å². The third-order valence-electron chi connectivity index (χ3n) is 5.78. The average Bonchev–Trinajstić information content (AvgIpc) is 2.89. The molecule has 13 heteroatoms. The Balaban J connectivity index is 2.97. The second-order valence-corrected chi connectivity index (χ2v) is 10.8. The molecule has 4 atom stereocenters. The molecule has 1 rings (SSSR count). The van der Waals surface area contributed by atoms with Gasteiger partial charge in [-0.3, -0.25) is 14.4 Å². The molecule has 0 aliphatic heterocycles. The molecule has 1 aromatic carbocycles. The van der Waals surface area contributed by atoms with E-state index in [-0.39, 0.29) is 18.6 Å². The fraction of sp³-hybridized carbons (Fsp3) is 0.600. The van der Waals surface area contributed by atoms with Gasteiger partial charge in [0.25, 0.3) is 0 Å². The number of nitrogens with one attached hydrogen (secondary N) is 3. The number of aromatic hydroxyl groups is 1. The van der Waals surface area contributed by atoms with Crippen LogP contribution in [0.5, 0.6) is 5.75 Å². The van der Waals surface area contributed by atoms with Crippen LogP contribution in [0.4, 0.5) is 0 Å². The van der Waals surface area contributed by atoms with Gasteiger partial charge in [-0.1, -0.05) is 12.1 Å². The molecule has 0 saturated heterocycles. The molecule has 0 radical (unpaired) electrons. The van der Waals surface area contributed by atoms with Crippen LogP contribution in [0, 0.1) is 0 Å². The van der Waals surface area contributed by atoms with Crippen LogP contribution in [0.3, 0.4) is 0 Å². The third kappa shape index (κ3) is 12.9. The first kappa shape index (κ1) is 33.5. The fourth-order valence-electron chi connectivity index (χ4n) is 3.53. The minimum Gasteiger partial charge on any atom is -0.508 e. The maximum Gasteiger partial charge on any atom is 0.326 e. The van der Waals surface area contributed by atoms with E-state index in [1.807, 2.05) is 12.5 Å². The summed E-state index contributed by atoms with van der Waals surface area (Å²) in [6.07, 6.45) is 6.05. The summed E-state index contributed by atoms with van der Waals surface area (Å²) >= 11 is 3.04. The normalized spacial score (nSPS) is 14.1. The molecule has 0 fully saturated rings. The predicted molar refractivity (Wildman–Crippen MR) is 152 cm³/mol. The van der Waals surface area contributed by atoms with Crippen LogP contribution in [-0.4, -0.2) is 88.6 Å². The van der Waals surface area contributed by atoms with Crippen LogP contribution in [0.2, 0.25) is 0 Å². The van der Waals surface area contributed by atoms with Crippen LogP contribution in [0.15, 0.2) is 24.3 Å². The van der Waals surface area contributed by atoms with Crippen molar-refractivity contribution in [1.29, 1.82) is 0 Å². The number of amides is 3. The molecule has 9 N–H and O–H groups in total. The average molecular weight is 572 g/mol. The first-order chi connectivity index (χ1) is 18.1. The molecule has 0 aliphatic carbocycles. The summed E-state index contributed by atoms with van der Waals surface area (Å²) in [6, 6.07) is 2.09. The van der Waals surface area contributed by atoms with Gasteiger partial charge in [0.15, 0.2) is 0 Å². The van der Waals surface area contributed by atoms with Crippen molar-refractivity contribution >= 4 is 47.2 Å². The molecule has 0 aliphatic rings. The Morgan fingerprint density at radius 3 is 1.89 bits per heavy atom. The number of carbonyl (C=O) groups excluding carboxylic acids is 3. The van der Waals surface area contributed by atoms with E-state index in [9.17, 15) is 29.4 Å². The number of carboxylic acids is 1. The highest BCUT2D eigenvalue weighted by molar-refractivity contribution is 7.98. The summed E-state index contributed by atoms with van der Waals surface area (Å²) in [6.45, 7) is 0.436. The monoisotopic (exact) mass is 571 g/mol. The van der Waals surface area contributed by atoms with Crippen molar-refractivity contribution in [2.75, 3.05) is 30.6 Å². The number of hydrogen-bond donors (Lipinski definition) is 7. The number of benzene rings is 1. The molecule has 0 spiro atoms. The van der Waals surface area contributed by atoms with Crippen molar-refractivity contribution in [3.63, 3.8) is 0 Å². The van der Waals surface area contributed by atoms with E-state index < -0.39 is 47.9 Å². The zero-order chi connectivity index (χ0) is 28.5. The number of carbonyl (C=O) groups is 4. The number of phenolic OH excluding ortho intramolecular Hbond substituents is 1. The highest BCUT2D eigenvalue weighted by Crippen LogP contribution is 2.12. The van der Waals surface area contributed by atoms with Gasteiger partial charge in [0.2, 0.25) is 17.7 Å². The summed E-state index contributed by atoms with van der Waals surface area (Å²) in [5.41, 5.74) is 12.2. The van der Waals surface area contributed by atoms with Gasteiger partial charge < -0.3 is 37.6 Å². The van der Waals surface area contributed by atoms with Gasteiger partial charge in [-0.2, -0.15) is 23.5 Å². The van der Waals surface area contributed by atoms with E-state index in [1.54, 1.807) is 23.9 Å². The van der Waals surface area contributed by atoms with E-state index in [4.69, 9.17) is 11.5 Å². The topological polar surface area (TPSA) is 197 Å². The van der Waals surface area contributed by atoms with Gasteiger partial charge in [-0.15, -0.1) is 0 Å². The molecule has 38 heavy (non-hydrogen) atoms. The van der Waals surface area contributed by atoms with Gasteiger partial charge >= 0.3 is 5.97 Å². The molecule has 11 nitrogen and oxygen atoms in total. The molecule has 0 saturated carbocycles. The Hall–Kier alpha value is -2.48. The lowest BCUT2D eigenvalue weighted by Gasteiger charge is -2.25. The molecule has 1 aromatic rings. The standard InChI is InChI=1S/C25H41N5O6S2/c1-37-13-10-18(27)22(32)28-19(5-3-4-12-26)23(33)29-20(11-14-38-2)24(34)30-21(25(35)36)15-16-6-8-17(31)9-7-16/h6-9,18-21,31H,3-5,10-15,26-27H2,1-2H3,(H,28,32)(H,29,33)(H,30,34)(H,35,36). The molecule has 4 unspecified atom stereocenters. The summed E-state index contributed by atoms with van der Waals surface area (Å²) < 4.78 is 0. The summed E-state index contributed by atoms with van der Waals surface area (Å²) in [4.78, 5) is 50.8. The first-order valence-electron chi connectivity index (χ1n) is 12.5. The van der Waals surface area contributed by atoms with Crippen molar-refractivity contribution in [2.45, 2.75) is 62.7 Å². The van der Waals surface area contributed by atoms with Crippen LogP contribution < -0.4 is 27.4 Å². The molecule has 3 amide bonds. The van der Waals surface area contributed by atoms with Gasteiger partial charge in [0.1, 0.15) is 23.9 Å². The second-order valence-electron chi connectivity index (χ2n) is 8.85. The van der Waals surface area contributed by atoms with Gasteiger partial charge in [0.05, 0.1) is 6.04 Å². The minimum atomic E-state index is -1.24. The Morgan fingerprint density at radius 1 is 0.816 bits per heavy atom. The van der Waals surface area contributed by atoms with E-state index >= 15 is 0 Å². The lowest BCUT2D eigenvalue weighted by atomic mass is 10.0. The van der Waals surface area contributed by atoms with E-state index in [0.29, 0.717) is 49.3 Å². The smallest absolute Gasteiger partial charge is 0.326 e. The van der Waals surface area contributed by atoms with Crippen molar-refractivity contribution in [3.8, 4) is 5.75 Å². The molecule has 0 heterocycles. The SMILES string of the molecule is CSCCC(N)C(=O)NC(CCCCN)C(=O)NC(CCSC)C(=O)NC(Cc1ccc(O)cc1)C(=O)O. The molecule has 0 bridgehead atoms. The molecule has 214 valence electrons. The van der Waals surface area contributed by atoms with E-state index in [1.165, 1.54) is 23.9 Å². The van der Waals surface area contributed by atoms with Crippen LogP contribution in [0.25, 0.3) is 0 Å². The van der Waals surface area contributed by atoms with Crippen molar-refractivity contribution in [1.82, 2.24) is 16.0 Å². The largest absolute Gasteiger partial charge is 0.508 e. The van der Waals surface area contributed by atoms with Gasteiger partial charge in [-0.05, 0) is 80.4 Å². The highest BCUT2D eigenvalue weighted by atomic mass is 32.2. The molecule has 0 aromatic heterocycles. The zero-order valence-electron chi connectivity index (χ0n) is 22.0. The molecular weight excluding hydrogens is 530 g/mol. The number of thioether (sulfide) groups is 2. The van der Waals surface area contributed by atoms with Crippen LogP contribution >= 0.6 is 23.5 Å². The van der Waals surface area contributed by atoms with E-state index in [2.05, 4.69) is 16.0 Å².